The lowest BCUT2D eigenvalue weighted by Gasteiger charge is -2.07. The SMILES string of the molecule is Cc1ccc(Cc2cnc(NC(=O)CCn3[nH]c(=O)c4ccccc4c3=O)s2)cc1F. The topological polar surface area (TPSA) is 96.8 Å². The van der Waals surface area contributed by atoms with Crippen molar-refractivity contribution >= 4 is 33.1 Å². The van der Waals surface area contributed by atoms with E-state index in [1.165, 1.54) is 17.4 Å². The molecular formula is C22H19FN4O3S. The third kappa shape index (κ3) is 4.61. The van der Waals surface area contributed by atoms with Crippen LogP contribution < -0.4 is 16.4 Å². The van der Waals surface area contributed by atoms with Crippen LogP contribution in [0.15, 0.2) is 58.3 Å². The van der Waals surface area contributed by atoms with Gasteiger partial charge in [-0.15, -0.1) is 11.3 Å². The summed E-state index contributed by atoms with van der Waals surface area (Å²) >= 11 is 1.30. The highest BCUT2D eigenvalue weighted by Gasteiger charge is 2.11. The number of amides is 1. The summed E-state index contributed by atoms with van der Waals surface area (Å²) in [5.74, 6) is -0.583. The van der Waals surface area contributed by atoms with E-state index in [0.29, 0.717) is 27.9 Å². The van der Waals surface area contributed by atoms with E-state index in [0.717, 1.165) is 15.1 Å². The first-order valence-electron chi connectivity index (χ1n) is 9.62. The number of aromatic amines is 1. The number of fused-ring (bicyclic) bond motifs is 1. The van der Waals surface area contributed by atoms with E-state index in [2.05, 4.69) is 15.4 Å². The van der Waals surface area contributed by atoms with E-state index in [1.807, 2.05) is 6.07 Å². The number of anilines is 1. The van der Waals surface area contributed by atoms with E-state index in [4.69, 9.17) is 0 Å². The van der Waals surface area contributed by atoms with Gasteiger partial charge in [-0.05, 0) is 36.2 Å². The van der Waals surface area contributed by atoms with Crippen molar-refractivity contribution < 1.29 is 9.18 Å². The average molecular weight is 438 g/mol. The number of carbonyl (C=O) groups is 1. The molecule has 158 valence electrons. The van der Waals surface area contributed by atoms with Crippen molar-refractivity contribution in [2.45, 2.75) is 26.3 Å². The highest BCUT2D eigenvalue weighted by Crippen LogP contribution is 2.22. The van der Waals surface area contributed by atoms with Crippen molar-refractivity contribution in [2.24, 2.45) is 0 Å². The first kappa shape index (κ1) is 20.7. The fourth-order valence-corrected chi connectivity index (χ4v) is 4.06. The molecule has 2 N–H and O–H groups in total. The summed E-state index contributed by atoms with van der Waals surface area (Å²) in [6, 6.07) is 11.6. The molecule has 2 aromatic heterocycles. The summed E-state index contributed by atoms with van der Waals surface area (Å²) in [7, 11) is 0. The number of halogens is 1. The van der Waals surface area contributed by atoms with Crippen LogP contribution in [0.3, 0.4) is 0 Å². The largest absolute Gasteiger partial charge is 0.302 e. The van der Waals surface area contributed by atoms with Crippen LogP contribution in [0.1, 0.15) is 22.4 Å². The Kier molecular flexibility index (Phi) is 5.77. The zero-order chi connectivity index (χ0) is 22.0. The maximum absolute atomic E-state index is 13.7. The van der Waals surface area contributed by atoms with Gasteiger partial charge in [-0.25, -0.2) is 14.1 Å². The maximum Gasteiger partial charge on any atom is 0.273 e. The number of nitrogens with zero attached hydrogens (tertiary/aromatic N) is 2. The van der Waals surface area contributed by atoms with Gasteiger partial charge in [-0.1, -0.05) is 24.3 Å². The first-order chi connectivity index (χ1) is 14.9. The van der Waals surface area contributed by atoms with Crippen LogP contribution in [0, 0.1) is 12.7 Å². The van der Waals surface area contributed by atoms with Crippen molar-refractivity contribution in [1.29, 1.82) is 0 Å². The molecule has 0 aliphatic heterocycles. The minimum Gasteiger partial charge on any atom is -0.302 e. The molecule has 7 nitrogen and oxygen atoms in total. The molecule has 0 saturated carbocycles. The second-order valence-electron chi connectivity index (χ2n) is 7.13. The normalized spacial score (nSPS) is 11.0. The summed E-state index contributed by atoms with van der Waals surface area (Å²) in [5, 5.41) is 6.25. The lowest BCUT2D eigenvalue weighted by atomic mass is 10.1. The monoisotopic (exact) mass is 438 g/mol. The second-order valence-corrected chi connectivity index (χ2v) is 8.25. The molecule has 31 heavy (non-hydrogen) atoms. The molecule has 0 bridgehead atoms. The Morgan fingerprint density at radius 2 is 1.97 bits per heavy atom. The molecule has 4 rings (SSSR count). The lowest BCUT2D eigenvalue weighted by Crippen LogP contribution is -2.31. The molecule has 2 aromatic carbocycles. The van der Waals surface area contributed by atoms with Crippen molar-refractivity contribution in [1.82, 2.24) is 14.8 Å². The number of aryl methyl sites for hydroxylation is 2. The molecule has 2 heterocycles. The number of H-pyrrole nitrogens is 1. The summed E-state index contributed by atoms with van der Waals surface area (Å²) in [5.41, 5.74) is 0.676. The van der Waals surface area contributed by atoms with E-state index in [-0.39, 0.29) is 35.8 Å². The number of nitrogens with one attached hydrogen (secondary N) is 2. The number of hydrogen-bond donors (Lipinski definition) is 2. The van der Waals surface area contributed by atoms with Crippen LogP contribution in [0.2, 0.25) is 0 Å². The average Bonchev–Trinajstić information content (AvgIpc) is 3.19. The highest BCUT2D eigenvalue weighted by atomic mass is 32.1. The molecular weight excluding hydrogens is 419 g/mol. The summed E-state index contributed by atoms with van der Waals surface area (Å²) in [6.45, 7) is 1.74. The molecule has 0 radical (unpaired) electrons. The number of benzene rings is 2. The van der Waals surface area contributed by atoms with Crippen LogP contribution in [0.25, 0.3) is 10.8 Å². The Morgan fingerprint density at radius 3 is 2.74 bits per heavy atom. The fourth-order valence-electron chi connectivity index (χ4n) is 3.19. The van der Waals surface area contributed by atoms with Crippen LogP contribution in [0.5, 0.6) is 0 Å². The van der Waals surface area contributed by atoms with Gasteiger partial charge in [0.15, 0.2) is 5.13 Å². The molecule has 9 heteroatoms. The molecule has 0 spiro atoms. The van der Waals surface area contributed by atoms with Gasteiger partial charge in [-0.3, -0.25) is 19.5 Å². The highest BCUT2D eigenvalue weighted by molar-refractivity contribution is 7.15. The summed E-state index contributed by atoms with van der Waals surface area (Å²) in [4.78, 5) is 42.0. The Morgan fingerprint density at radius 1 is 1.19 bits per heavy atom. The quantitative estimate of drug-likeness (QED) is 0.483. The Labute approximate surface area is 180 Å². The van der Waals surface area contributed by atoms with Gasteiger partial charge in [0.25, 0.3) is 11.1 Å². The molecule has 0 fully saturated rings. The summed E-state index contributed by atoms with van der Waals surface area (Å²) < 4.78 is 14.9. The molecule has 4 aromatic rings. The molecule has 0 unspecified atom stereocenters. The van der Waals surface area contributed by atoms with Gasteiger partial charge >= 0.3 is 0 Å². The fraction of sp³-hybridized carbons (Fsp3) is 0.182. The minimum absolute atomic E-state index is 0.00767. The van der Waals surface area contributed by atoms with Gasteiger partial charge in [0.2, 0.25) is 5.91 Å². The Hall–Kier alpha value is -3.59. The van der Waals surface area contributed by atoms with Crippen molar-refractivity contribution in [3.05, 3.63) is 91.2 Å². The number of rotatable bonds is 6. The van der Waals surface area contributed by atoms with Gasteiger partial charge < -0.3 is 5.32 Å². The molecule has 0 saturated heterocycles. The zero-order valence-electron chi connectivity index (χ0n) is 16.6. The molecule has 1 amide bonds. The predicted octanol–water partition coefficient (Wildman–Crippen LogP) is 3.21. The second kappa shape index (κ2) is 8.65. The number of aromatic nitrogens is 3. The van der Waals surface area contributed by atoms with E-state index in [1.54, 1.807) is 43.5 Å². The van der Waals surface area contributed by atoms with Gasteiger partial charge in [0.1, 0.15) is 5.82 Å². The van der Waals surface area contributed by atoms with Crippen molar-refractivity contribution in [2.75, 3.05) is 5.32 Å². The first-order valence-corrected chi connectivity index (χ1v) is 10.4. The van der Waals surface area contributed by atoms with E-state index < -0.39 is 0 Å². The standard InChI is InChI=1S/C22H19FN4O3S/c1-13-6-7-14(11-18(13)23)10-15-12-24-22(31-15)25-19(28)8-9-27-21(30)17-5-3-2-4-16(17)20(29)26-27/h2-7,11-12H,8-10H2,1H3,(H,26,29)(H,24,25,28). The van der Waals surface area contributed by atoms with E-state index in [9.17, 15) is 18.8 Å². The van der Waals surface area contributed by atoms with Gasteiger partial charge in [0, 0.05) is 23.9 Å². The van der Waals surface area contributed by atoms with Crippen LogP contribution >= 0.6 is 11.3 Å². The Bertz CT molecular complexity index is 1390. The maximum atomic E-state index is 13.7. The lowest BCUT2D eigenvalue weighted by molar-refractivity contribution is -0.116. The molecule has 0 atom stereocenters. The van der Waals surface area contributed by atoms with Crippen molar-refractivity contribution in [3.63, 3.8) is 0 Å². The molecule has 0 aliphatic carbocycles. The Balaban J connectivity index is 1.39. The molecule has 0 aliphatic rings. The van der Waals surface area contributed by atoms with Crippen LogP contribution in [-0.4, -0.2) is 20.7 Å². The number of carbonyl (C=O) groups excluding carboxylic acids is 1. The third-order valence-electron chi connectivity index (χ3n) is 4.86. The number of hydrogen-bond acceptors (Lipinski definition) is 5. The summed E-state index contributed by atoms with van der Waals surface area (Å²) in [6.07, 6.45) is 2.15. The van der Waals surface area contributed by atoms with Crippen LogP contribution in [0.4, 0.5) is 9.52 Å². The third-order valence-corrected chi connectivity index (χ3v) is 5.77. The van der Waals surface area contributed by atoms with E-state index >= 15 is 0 Å². The van der Waals surface area contributed by atoms with Crippen LogP contribution in [-0.2, 0) is 17.8 Å². The number of thiazole rings is 1. The zero-order valence-corrected chi connectivity index (χ0v) is 17.5. The minimum atomic E-state index is -0.382. The van der Waals surface area contributed by atoms with Gasteiger partial charge in [-0.2, -0.15) is 0 Å². The smallest absolute Gasteiger partial charge is 0.273 e. The van der Waals surface area contributed by atoms with Gasteiger partial charge in [0.05, 0.1) is 17.3 Å². The predicted molar refractivity (Wildman–Crippen MR) is 118 cm³/mol. The van der Waals surface area contributed by atoms with Crippen molar-refractivity contribution in [3.8, 4) is 0 Å².